The fourth-order valence-electron chi connectivity index (χ4n) is 5.30. The number of carbonyl (C=O) groups is 1. The number of hydrogen-bond donors (Lipinski definition) is 4. The van der Waals surface area contributed by atoms with Crippen molar-refractivity contribution in [2.45, 2.75) is 70.6 Å². The highest BCUT2D eigenvalue weighted by Gasteiger charge is 2.35. The van der Waals surface area contributed by atoms with Gasteiger partial charge in [-0.1, -0.05) is 44.5 Å². The van der Waals surface area contributed by atoms with Crippen LogP contribution in [0, 0.1) is 11.2 Å². The molecule has 0 saturated heterocycles. The van der Waals surface area contributed by atoms with Crippen LogP contribution in [0.4, 0.5) is 15.9 Å². The van der Waals surface area contributed by atoms with E-state index in [0.717, 1.165) is 30.9 Å². The second kappa shape index (κ2) is 9.79. The molecule has 4 N–H and O–H groups in total. The molecule has 0 radical (unpaired) electrons. The summed E-state index contributed by atoms with van der Waals surface area (Å²) in [5.74, 6) is -1.78. The first kappa shape index (κ1) is 25.8. The van der Waals surface area contributed by atoms with Crippen molar-refractivity contribution >= 4 is 28.8 Å². The number of anilines is 1. The third-order valence-electron chi connectivity index (χ3n) is 7.97. The van der Waals surface area contributed by atoms with Crippen LogP contribution >= 0.6 is 11.3 Å². The number of halogens is 1. The molecule has 0 amide bonds. The zero-order chi connectivity index (χ0) is 26.4. The van der Waals surface area contributed by atoms with Gasteiger partial charge in [-0.2, -0.15) is 10.4 Å². The number of hydrogen-bond acceptors (Lipinski definition) is 6. The molecule has 37 heavy (non-hydrogen) atoms. The molecular formula is C28H33FN3O4S+. The number of aromatic carboxylic acids is 1. The standard InChI is InChI=1S/C28H32FN3O4S/c1-28(2)12-10-18(11-13-28)17-6-8-20(9-7-17)26-30-25(16-37-26)32(35,36)31-24-15-23(29)22(27(33)34)14-21(24)19-4-3-5-19/h6-9,14-16,18-19,31,35-36H,3-5,10-13H2,1-2H3/p+1. The van der Waals surface area contributed by atoms with E-state index in [4.69, 9.17) is 0 Å². The molecule has 2 aliphatic rings. The van der Waals surface area contributed by atoms with Crippen LogP contribution in [0.5, 0.6) is 0 Å². The van der Waals surface area contributed by atoms with Crippen molar-refractivity contribution in [2.24, 2.45) is 5.41 Å². The van der Waals surface area contributed by atoms with Crippen LogP contribution in [0.2, 0.25) is 0 Å². The van der Waals surface area contributed by atoms with Gasteiger partial charge in [0, 0.05) is 11.6 Å². The van der Waals surface area contributed by atoms with Gasteiger partial charge >= 0.3 is 11.8 Å². The average Bonchev–Trinajstić information content (AvgIpc) is 3.31. The van der Waals surface area contributed by atoms with E-state index in [0.29, 0.717) is 21.9 Å². The molecule has 0 aliphatic heterocycles. The summed E-state index contributed by atoms with van der Waals surface area (Å²) in [5.41, 5.74) is 5.41. The molecule has 2 fully saturated rings. The summed E-state index contributed by atoms with van der Waals surface area (Å²) in [6.07, 6.45) is 7.45. The molecule has 9 heteroatoms. The number of carboxylic acids is 1. The molecule has 0 bridgehead atoms. The maximum atomic E-state index is 14.5. The minimum absolute atomic E-state index is 0.0287. The van der Waals surface area contributed by atoms with E-state index in [1.54, 1.807) is 0 Å². The molecule has 5 rings (SSSR count). The van der Waals surface area contributed by atoms with Crippen LogP contribution in [-0.4, -0.2) is 26.5 Å². The lowest BCUT2D eigenvalue weighted by molar-refractivity contribution is -0.274. The van der Waals surface area contributed by atoms with Crippen LogP contribution in [0.25, 0.3) is 10.6 Å². The van der Waals surface area contributed by atoms with Gasteiger partial charge in [0.1, 0.15) is 15.7 Å². The fourth-order valence-corrected chi connectivity index (χ4v) is 6.14. The van der Waals surface area contributed by atoms with Gasteiger partial charge in [-0.15, -0.1) is 21.8 Å². The van der Waals surface area contributed by atoms with Gasteiger partial charge in [0.2, 0.25) is 0 Å². The molecule has 7 nitrogen and oxygen atoms in total. The minimum Gasteiger partial charge on any atom is -0.478 e. The number of rotatable bonds is 7. The highest BCUT2D eigenvalue weighted by Crippen LogP contribution is 2.43. The summed E-state index contributed by atoms with van der Waals surface area (Å²) < 4.78 is 14.5. The van der Waals surface area contributed by atoms with Crippen LogP contribution in [0.15, 0.2) is 41.8 Å². The van der Waals surface area contributed by atoms with E-state index < -0.39 is 22.3 Å². The first-order valence-corrected chi connectivity index (χ1v) is 13.7. The molecule has 2 aromatic carbocycles. The summed E-state index contributed by atoms with van der Waals surface area (Å²) in [7, 11) is 0. The van der Waals surface area contributed by atoms with Crippen molar-refractivity contribution in [3.05, 3.63) is 64.3 Å². The van der Waals surface area contributed by atoms with Crippen LogP contribution < -0.4 is 10.3 Å². The van der Waals surface area contributed by atoms with Crippen molar-refractivity contribution in [1.82, 2.24) is 9.90 Å². The fraction of sp³-hybridized carbons (Fsp3) is 0.429. The molecular weight excluding hydrogens is 493 g/mol. The lowest BCUT2D eigenvalue weighted by Gasteiger charge is -2.34. The van der Waals surface area contributed by atoms with Gasteiger partial charge in [-0.25, -0.2) is 9.18 Å². The third-order valence-corrected chi connectivity index (χ3v) is 8.85. The largest absolute Gasteiger partial charge is 0.478 e. The van der Waals surface area contributed by atoms with Gasteiger partial charge in [-0.3, -0.25) is 0 Å². The van der Waals surface area contributed by atoms with Crippen molar-refractivity contribution in [3.8, 4) is 10.6 Å². The second-order valence-corrected chi connectivity index (χ2v) is 12.0. The molecule has 0 atom stereocenters. The zero-order valence-corrected chi connectivity index (χ0v) is 21.9. The number of quaternary nitrogens is 1. The van der Waals surface area contributed by atoms with Gasteiger partial charge in [0.05, 0.1) is 16.6 Å². The Kier molecular flexibility index (Phi) is 6.83. The number of nitrogens with one attached hydrogen (secondary N) is 1. The molecule has 2 saturated carbocycles. The lowest BCUT2D eigenvalue weighted by atomic mass is 9.71. The lowest BCUT2D eigenvalue weighted by Crippen LogP contribution is -2.48. The molecule has 0 unspecified atom stereocenters. The van der Waals surface area contributed by atoms with E-state index in [1.807, 2.05) is 12.1 Å². The van der Waals surface area contributed by atoms with Crippen LogP contribution in [-0.2, 0) is 0 Å². The molecule has 0 spiro atoms. The average molecular weight is 527 g/mol. The SMILES string of the molecule is CC1(C)CCC(c2ccc(-c3nc([N+](O)(O)Nc4cc(F)c(C(=O)O)cc4C4CCC4)cs3)cc2)CC1. The first-order valence-electron chi connectivity index (χ1n) is 12.8. The zero-order valence-electron chi connectivity index (χ0n) is 21.1. The van der Waals surface area contributed by atoms with Crippen molar-refractivity contribution in [2.75, 3.05) is 5.43 Å². The van der Waals surface area contributed by atoms with Crippen LogP contribution in [0.1, 0.15) is 92.1 Å². The smallest absolute Gasteiger partial charge is 0.338 e. The molecule has 3 aromatic rings. The highest BCUT2D eigenvalue weighted by atomic mass is 32.1. The molecule has 2 aliphatic carbocycles. The Balaban J connectivity index is 1.34. The summed E-state index contributed by atoms with van der Waals surface area (Å²) >= 11 is 1.28. The Labute approximate surface area is 219 Å². The van der Waals surface area contributed by atoms with Gasteiger partial charge < -0.3 is 5.11 Å². The quantitative estimate of drug-likeness (QED) is 0.186. The predicted molar refractivity (Wildman–Crippen MR) is 141 cm³/mol. The summed E-state index contributed by atoms with van der Waals surface area (Å²) in [4.78, 5) is 14.1. The normalized spacial score (nSPS) is 18.4. The number of benzene rings is 2. The van der Waals surface area contributed by atoms with Crippen molar-refractivity contribution in [3.63, 3.8) is 0 Å². The van der Waals surface area contributed by atoms with E-state index in [9.17, 15) is 24.7 Å². The predicted octanol–water partition coefficient (Wildman–Crippen LogP) is 7.71. The maximum absolute atomic E-state index is 14.5. The van der Waals surface area contributed by atoms with Gasteiger partial charge in [-0.05, 0) is 73.0 Å². The minimum atomic E-state index is -1.78. The third kappa shape index (κ3) is 5.40. The molecule has 1 heterocycles. The Hall–Kier alpha value is -2.85. The maximum Gasteiger partial charge on any atom is 0.338 e. The van der Waals surface area contributed by atoms with E-state index in [-0.39, 0.29) is 17.4 Å². The van der Waals surface area contributed by atoms with Crippen LogP contribution in [0.3, 0.4) is 0 Å². The van der Waals surface area contributed by atoms with Crippen molar-refractivity contribution in [1.29, 1.82) is 0 Å². The van der Waals surface area contributed by atoms with E-state index in [1.165, 1.54) is 54.0 Å². The van der Waals surface area contributed by atoms with E-state index >= 15 is 0 Å². The van der Waals surface area contributed by atoms with Crippen molar-refractivity contribution < 1.29 is 24.7 Å². The first-order chi connectivity index (χ1) is 17.5. The highest BCUT2D eigenvalue weighted by molar-refractivity contribution is 7.13. The van der Waals surface area contributed by atoms with Gasteiger partial charge in [0.15, 0.2) is 0 Å². The summed E-state index contributed by atoms with van der Waals surface area (Å²) in [6.45, 7) is 4.66. The molecule has 196 valence electrons. The second-order valence-electron chi connectivity index (χ2n) is 11.1. The summed E-state index contributed by atoms with van der Waals surface area (Å²) in [5, 5.41) is 33.1. The Bertz CT molecular complexity index is 1290. The Morgan fingerprint density at radius 2 is 1.76 bits per heavy atom. The summed E-state index contributed by atoms with van der Waals surface area (Å²) in [6, 6.07) is 10.6. The number of thiazole rings is 1. The van der Waals surface area contributed by atoms with E-state index in [2.05, 4.69) is 36.4 Å². The Morgan fingerprint density at radius 1 is 1.08 bits per heavy atom. The topological polar surface area (TPSA) is 103 Å². The van der Waals surface area contributed by atoms with Gasteiger partial charge in [0.25, 0.3) is 0 Å². The number of aromatic nitrogens is 1. The monoisotopic (exact) mass is 526 g/mol. The molecule has 1 aromatic heterocycles. The number of carboxylic acid groups (broad SMARTS) is 1. The number of nitrogens with zero attached hydrogens (tertiary/aromatic N) is 2. The Morgan fingerprint density at radius 3 is 2.35 bits per heavy atom.